The van der Waals surface area contributed by atoms with Crippen molar-refractivity contribution in [2.45, 2.75) is 0 Å². The Hall–Kier alpha value is -2.30. The van der Waals surface area contributed by atoms with Gasteiger partial charge in [-0.2, -0.15) is 0 Å². The fourth-order valence-electron chi connectivity index (χ4n) is 1.38. The molecule has 0 radical (unpaired) electrons. The predicted molar refractivity (Wildman–Crippen MR) is 63.6 cm³/mol. The topological polar surface area (TPSA) is 78.6 Å². The third kappa shape index (κ3) is 2.44. The van der Waals surface area contributed by atoms with Crippen LogP contribution in [0.25, 0.3) is 6.08 Å². The normalized spacial score (nSPS) is 9.53. The predicted octanol–water partition coefficient (Wildman–Crippen LogP) is 1.49. The van der Waals surface area contributed by atoms with Crippen molar-refractivity contribution in [2.24, 2.45) is 0 Å². The summed E-state index contributed by atoms with van der Waals surface area (Å²) in [6.45, 7) is 3.56. The van der Waals surface area contributed by atoms with Crippen LogP contribution in [-0.4, -0.2) is 26.2 Å². The zero-order valence-electron chi connectivity index (χ0n) is 9.65. The number of benzene rings is 1. The molecule has 0 heterocycles. The van der Waals surface area contributed by atoms with Crippen LogP contribution in [0.4, 0.5) is 5.69 Å². The number of anilines is 1. The summed E-state index contributed by atoms with van der Waals surface area (Å²) in [5, 5.41) is 0. The van der Waals surface area contributed by atoms with Gasteiger partial charge in [0.05, 0.1) is 25.3 Å². The van der Waals surface area contributed by atoms with Crippen LogP contribution >= 0.6 is 0 Å². The van der Waals surface area contributed by atoms with Gasteiger partial charge in [0, 0.05) is 5.69 Å². The third-order valence-electron chi connectivity index (χ3n) is 2.25. The summed E-state index contributed by atoms with van der Waals surface area (Å²) in [5.41, 5.74) is 6.74. The smallest absolute Gasteiger partial charge is 0.339 e. The Balaban J connectivity index is 3.39. The lowest BCUT2D eigenvalue weighted by Gasteiger charge is -2.09. The number of nitrogens with two attached hydrogens (primary N) is 1. The summed E-state index contributed by atoms with van der Waals surface area (Å²) in [5.74, 6) is -1.11. The number of esters is 2. The van der Waals surface area contributed by atoms with Gasteiger partial charge in [-0.05, 0) is 17.7 Å². The summed E-state index contributed by atoms with van der Waals surface area (Å²) in [6.07, 6.45) is 1.44. The van der Waals surface area contributed by atoms with E-state index in [1.807, 2.05) is 0 Å². The highest BCUT2D eigenvalue weighted by Gasteiger charge is 2.17. The van der Waals surface area contributed by atoms with Gasteiger partial charge in [0.1, 0.15) is 0 Å². The molecule has 0 aliphatic carbocycles. The molecule has 1 aromatic rings. The Morgan fingerprint density at radius 3 is 2.18 bits per heavy atom. The molecule has 0 spiro atoms. The molecule has 1 rings (SSSR count). The number of carbonyl (C=O) groups excluding carboxylic acids is 2. The van der Waals surface area contributed by atoms with Gasteiger partial charge in [-0.1, -0.05) is 12.7 Å². The van der Waals surface area contributed by atoms with E-state index in [4.69, 9.17) is 5.73 Å². The highest BCUT2D eigenvalue weighted by atomic mass is 16.5. The maximum absolute atomic E-state index is 11.5. The lowest BCUT2D eigenvalue weighted by molar-refractivity contribution is 0.0587. The first-order valence-corrected chi connectivity index (χ1v) is 4.77. The van der Waals surface area contributed by atoms with Gasteiger partial charge in [0.25, 0.3) is 0 Å². The zero-order chi connectivity index (χ0) is 13.0. The van der Waals surface area contributed by atoms with Crippen molar-refractivity contribution in [3.8, 4) is 0 Å². The fourth-order valence-corrected chi connectivity index (χ4v) is 1.38. The summed E-state index contributed by atoms with van der Waals surface area (Å²) in [4.78, 5) is 22.9. The van der Waals surface area contributed by atoms with E-state index in [2.05, 4.69) is 16.1 Å². The second-order valence-electron chi connectivity index (χ2n) is 3.21. The first kappa shape index (κ1) is 12.8. The van der Waals surface area contributed by atoms with E-state index in [0.29, 0.717) is 5.56 Å². The minimum absolute atomic E-state index is 0.155. The highest BCUT2D eigenvalue weighted by molar-refractivity contribution is 6.01. The number of carbonyl (C=O) groups is 2. The van der Waals surface area contributed by atoms with Crippen LogP contribution in [0.3, 0.4) is 0 Å². The van der Waals surface area contributed by atoms with E-state index < -0.39 is 11.9 Å². The zero-order valence-corrected chi connectivity index (χ0v) is 9.65. The quantitative estimate of drug-likeness (QED) is 0.634. The number of hydrogen-bond donors (Lipinski definition) is 1. The number of methoxy groups -OCH3 is 2. The molecule has 5 heteroatoms. The van der Waals surface area contributed by atoms with Gasteiger partial charge in [0.15, 0.2) is 0 Å². The van der Waals surface area contributed by atoms with E-state index in [9.17, 15) is 9.59 Å². The average molecular weight is 235 g/mol. The molecule has 0 aromatic heterocycles. The van der Waals surface area contributed by atoms with Crippen LogP contribution in [0, 0.1) is 0 Å². The molecule has 0 saturated heterocycles. The number of hydrogen-bond acceptors (Lipinski definition) is 5. The van der Waals surface area contributed by atoms with Crippen LogP contribution < -0.4 is 5.73 Å². The molecule has 0 unspecified atom stereocenters. The first-order chi connectivity index (χ1) is 8.04. The van der Waals surface area contributed by atoms with Crippen LogP contribution in [0.15, 0.2) is 18.7 Å². The number of rotatable bonds is 3. The van der Waals surface area contributed by atoms with E-state index >= 15 is 0 Å². The molecule has 5 nitrogen and oxygen atoms in total. The lowest BCUT2D eigenvalue weighted by Crippen LogP contribution is -2.10. The van der Waals surface area contributed by atoms with Crippen molar-refractivity contribution < 1.29 is 19.1 Å². The van der Waals surface area contributed by atoms with Crippen molar-refractivity contribution in [1.82, 2.24) is 0 Å². The molecule has 0 fully saturated rings. The minimum Gasteiger partial charge on any atom is -0.465 e. The van der Waals surface area contributed by atoms with Gasteiger partial charge in [-0.3, -0.25) is 0 Å². The lowest BCUT2D eigenvalue weighted by atomic mass is 10.0. The first-order valence-electron chi connectivity index (χ1n) is 4.77. The van der Waals surface area contributed by atoms with E-state index in [0.717, 1.165) is 0 Å². The molecule has 2 N–H and O–H groups in total. The van der Waals surface area contributed by atoms with Gasteiger partial charge >= 0.3 is 11.9 Å². The standard InChI is InChI=1S/C12H13NO4/c1-4-7-5-9(12(15)17-3)10(13)6-8(7)11(14)16-2/h4-6H,1,13H2,2-3H3. The monoisotopic (exact) mass is 235 g/mol. The Morgan fingerprint density at radius 1 is 1.18 bits per heavy atom. The third-order valence-corrected chi connectivity index (χ3v) is 2.25. The van der Waals surface area contributed by atoms with E-state index in [1.54, 1.807) is 0 Å². The summed E-state index contributed by atoms with van der Waals surface area (Å²) in [7, 11) is 2.52. The molecule has 0 aliphatic heterocycles. The molecule has 0 saturated carbocycles. The van der Waals surface area contributed by atoms with E-state index in [1.165, 1.54) is 32.4 Å². The molecule has 0 amide bonds. The Labute approximate surface area is 98.8 Å². The summed E-state index contributed by atoms with van der Waals surface area (Å²) < 4.78 is 9.18. The number of nitrogen functional groups attached to an aromatic ring is 1. The fraction of sp³-hybridized carbons (Fsp3) is 0.167. The number of ether oxygens (including phenoxy) is 2. The molecule has 17 heavy (non-hydrogen) atoms. The maximum Gasteiger partial charge on any atom is 0.339 e. The molecule has 0 bridgehead atoms. The van der Waals surface area contributed by atoms with Crippen molar-refractivity contribution in [1.29, 1.82) is 0 Å². The van der Waals surface area contributed by atoms with Crippen LogP contribution in [-0.2, 0) is 9.47 Å². The molecule has 0 aliphatic rings. The maximum atomic E-state index is 11.5. The SMILES string of the molecule is C=Cc1cc(C(=O)OC)c(N)cc1C(=O)OC. The van der Waals surface area contributed by atoms with Crippen LogP contribution in [0.1, 0.15) is 26.3 Å². The Bertz CT molecular complexity index is 480. The second-order valence-corrected chi connectivity index (χ2v) is 3.21. The van der Waals surface area contributed by atoms with Crippen LogP contribution in [0.2, 0.25) is 0 Å². The van der Waals surface area contributed by atoms with Gasteiger partial charge < -0.3 is 15.2 Å². The molecule has 0 atom stereocenters. The molecule has 1 aromatic carbocycles. The van der Waals surface area contributed by atoms with Gasteiger partial charge in [-0.15, -0.1) is 0 Å². The van der Waals surface area contributed by atoms with Crippen molar-refractivity contribution in [2.75, 3.05) is 20.0 Å². The molecular formula is C12H13NO4. The average Bonchev–Trinajstić information content (AvgIpc) is 2.36. The summed E-state index contributed by atoms with van der Waals surface area (Å²) in [6, 6.07) is 2.81. The van der Waals surface area contributed by atoms with E-state index in [-0.39, 0.29) is 16.8 Å². The summed E-state index contributed by atoms with van der Waals surface area (Å²) >= 11 is 0. The molecule has 90 valence electrons. The largest absolute Gasteiger partial charge is 0.465 e. The van der Waals surface area contributed by atoms with Crippen LogP contribution in [0.5, 0.6) is 0 Å². The van der Waals surface area contributed by atoms with Gasteiger partial charge in [-0.25, -0.2) is 9.59 Å². The minimum atomic E-state index is -0.568. The van der Waals surface area contributed by atoms with Gasteiger partial charge in [0.2, 0.25) is 0 Å². The van der Waals surface area contributed by atoms with Crippen molar-refractivity contribution in [3.63, 3.8) is 0 Å². The molecular weight excluding hydrogens is 222 g/mol. The van der Waals surface area contributed by atoms with Crippen molar-refractivity contribution >= 4 is 23.7 Å². The second kappa shape index (κ2) is 5.16. The Kier molecular flexibility index (Phi) is 3.87. The Morgan fingerprint density at radius 2 is 1.71 bits per heavy atom. The van der Waals surface area contributed by atoms with Crippen molar-refractivity contribution in [3.05, 3.63) is 35.4 Å². The highest BCUT2D eigenvalue weighted by Crippen LogP contribution is 2.21.